The summed E-state index contributed by atoms with van der Waals surface area (Å²) in [6, 6.07) is 0. The molecular formula is C27H50O11. The molecule has 0 amide bonds. The fraction of sp³-hybridized carbons (Fsp3) is 0.889. The fourth-order valence-corrected chi connectivity index (χ4v) is 4.75. The molecule has 1 aliphatic rings. The zero-order chi connectivity index (χ0) is 29.2. The first-order valence-corrected chi connectivity index (χ1v) is 13.2. The van der Waals surface area contributed by atoms with Crippen LogP contribution in [0.2, 0.25) is 0 Å². The Morgan fingerprint density at radius 3 is 2.08 bits per heavy atom. The first-order chi connectivity index (χ1) is 17.8. The van der Waals surface area contributed by atoms with Crippen LogP contribution in [-0.2, 0) is 23.7 Å². The zero-order valence-corrected chi connectivity index (χ0v) is 23.8. The van der Waals surface area contributed by atoms with Crippen molar-refractivity contribution >= 4 is 5.97 Å². The van der Waals surface area contributed by atoms with Crippen LogP contribution in [0, 0.1) is 11.3 Å². The van der Waals surface area contributed by atoms with Gasteiger partial charge in [-0.2, -0.15) is 0 Å². The Balaban J connectivity index is 3.49. The van der Waals surface area contributed by atoms with Gasteiger partial charge in [-0.3, -0.25) is 0 Å². The quantitative estimate of drug-likeness (QED) is 0.190. The molecule has 10 atom stereocenters. The lowest BCUT2D eigenvalue weighted by Gasteiger charge is -2.41. The molecule has 1 fully saturated rings. The maximum absolute atomic E-state index is 13.0. The molecule has 0 saturated carbocycles. The van der Waals surface area contributed by atoms with E-state index in [4.69, 9.17) is 18.9 Å². The molecule has 6 N–H and O–H groups in total. The van der Waals surface area contributed by atoms with Gasteiger partial charge in [0, 0.05) is 65.0 Å². The van der Waals surface area contributed by atoms with Gasteiger partial charge in [0.25, 0.3) is 0 Å². The van der Waals surface area contributed by atoms with E-state index in [0.717, 1.165) is 0 Å². The summed E-state index contributed by atoms with van der Waals surface area (Å²) in [7, 11) is 4.07. The van der Waals surface area contributed by atoms with Gasteiger partial charge in [0.05, 0.1) is 36.6 Å². The third kappa shape index (κ3) is 9.50. The Hall–Kier alpha value is -1.15. The van der Waals surface area contributed by atoms with E-state index in [2.05, 4.69) is 0 Å². The number of carbonyl (C=O) groups excluding carboxylic acids is 1. The van der Waals surface area contributed by atoms with E-state index in [9.17, 15) is 35.4 Å². The summed E-state index contributed by atoms with van der Waals surface area (Å²) in [5, 5.41) is 64.1. The van der Waals surface area contributed by atoms with Crippen LogP contribution in [0.4, 0.5) is 0 Å². The van der Waals surface area contributed by atoms with Crippen LogP contribution < -0.4 is 0 Å². The third-order valence-corrected chi connectivity index (χ3v) is 7.85. The maximum Gasteiger partial charge on any atom is 0.338 e. The lowest BCUT2D eigenvalue weighted by Crippen LogP contribution is -2.53. The summed E-state index contributed by atoms with van der Waals surface area (Å²) >= 11 is 0. The fourth-order valence-electron chi connectivity index (χ4n) is 4.75. The summed E-state index contributed by atoms with van der Waals surface area (Å²) < 4.78 is 21.9. The number of esters is 1. The number of ether oxygens (including phenoxy) is 4. The minimum Gasteiger partial charge on any atom is -0.456 e. The highest BCUT2D eigenvalue weighted by Gasteiger charge is 2.44. The molecule has 0 aromatic heterocycles. The average molecular weight is 551 g/mol. The lowest BCUT2D eigenvalue weighted by molar-refractivity contribution is -0.171. The second kappa shape index (κ2) is 16.2. The number of hydrogen-bond donors (Lipinski definition) is 6. The number of aliphatic hydroxyl groups excluding tert-OH is 6. The van der Waals surface area contributed by atoms with Gasteiger partial charge in [-0.15, -0.1) is 0 Å². The van der Waals surface area contributed by atoms with Crippen molar-refractivity contribution in [2.45, 2.75) is 115 Å². The van der Waals surface area contributed by atoms with Gasteiger partial charge in [-0.05, 0) is 18.9 Å². The molecule has 11 heteroatoms. The standard InChI is InChI=1S/C27H50O11/c1-8-16(14-28)9-15(2)19-12-18(35-5)13-22(30)27(3,4)25(33)23(31)20(36-6)10-17(29)11-21(37-7)24(32)26(34)38-19/h9,16-25,28-33H,8,10-14H2,1-7H3/b15-9-/t16-,17-,18-,19+,20-,21-,22+,23-,24+,25?/m1/s1. The van der Waals surface area contributed by atoms with Gasteiger partial charge >= 0.3 is 5.97 Å². The number of hydrogen-bond acceptors (Lipinski definition) is 11. The minimum absolute atomic E-state index is 0.0370. The van der Waals surface area contributed by atoms with Gasteiger partial charge in [0.2, 0.25) is 0 Å². The minimum atomic E-state index is -1.72. The van der Waals surface area contributed by atoms with Crippen molar-refractivity contribution < 1.29 is 54.4 Å². The Bertz CT molecular complexity index is 724. The summed E-state index contributed by atoms with van der Waals surface area (Å²) in [5.41, 5.74) is -0.572. The SMILES string of the molecule is CC[C@H](/C=C(/C)[C@@H]1C[C@@H](OC)C[C@H](O)C(C)(C)C(O)[C@H](O)[C@H](OC)C[C@@H](O)C[C@@H](OC)[C@H](O)C(=O)O1)CO. The maximum atomic E-state index is 13.0. The van der Waals surface area contributed by atoms with Crippen molar-refractivity contribution in [1.29, 1.82) is 0 Å². The molecule has 0 bridgehead atoms. The highest BCUT2D eigenvalue weighted by atomic mass is 16.6. The largest absolute Gasteiger partial charge is 0.456 e. The van der Waals surface area contributed by atoms with Crippen LogP contribution >= 0.6 is 0 Å². The van der Waals surface area contributed by atoms with Crippen LogP contribution in [0.5, 0.6) is 0 Å². The zero-order valence-electron chi connectivity index (χ0n) is 23.8. The van der Waals surface area contributed by atoms with E-state index in [1.54, 1.807) is 26.8 Å². The van der Waals surface area contributed by atoms with Crippen molar-refractivity contribution in [1.82, 2.24) is 0 Å². The van der Waals surface area contributed by atoms with Gasteiger partial charge in [-0.25, -0.2) is 4.79 Å². The van der Waals surface area contributed by atoms with Gasteiger partial charge in [0.15, 0.2) is 6.10 Å². The second-order valence-corrected chi connectivity index (χ2v) is 10.9. The monoisotopic (exact) mass is 550 g/mol. The summed E-state index contributed by atoms with van der Waals surface area (Å²) in [6.45, 7) is 6.79. The predicted octanol–water partition coefficient (Wildman–Crippen LogP) is 0.313. The third-order valence-electron chi connectivity index (χ3n) is 7.85. The number of rotatable bonds is 7. The Labute approximate surface area is 226 Å². The molecule has 1 heterocycles. The molecule has 1 rings (SSSR count). The van der Waals surface area contributed by atoms with E-state index in [-0.39, 0.29) is 38.2 Å². The topological polar surface area (TPSA) is 175 Å². The van der Waals surface area contributed by atoms with Crippen molar-refractivity contribution in [2.24, 2.45) is 11.3 Å². The van der Waals surface area contributed by atoms with Gasteiger partial charge in [-0.1, -0.05) is 26.8 Å². The molecule has 0 aliphatic carbocycles. The number of aliphatic hydroxyl groups is 6. The van der Waals surface area contributed by atoms with Crippen LogP contribution in [0.25, 0.3) is 0 Å². The van der Waals surface area contributed by atoms with Crippen molar-refractivity contribution in [3.63, 3.8) is 0 Å². The smallest absolute Gasteiger partial charge is 0.338 e. The lowest BCUT2D eigenvalue weighted by atomic mass is 9.74. The van der Waals surface area contributed by atoms with E-state index in [1.165, 1.54) is 21.3 Å². The van der Waals surface area contributed by atoms with E-state index in [0.29, 0.717) is 12.0 Å². The van der Waals surface area contributed by atoms with E-state index in [1.807, 2.05) is 6.92 Å². The van der Waals surface area contributed by atoms with Crippen molar-refractivity contribution in [3.05, 3.63) is 11.6 Å². The molecule has 1 saturated heterocycles. The number of carbonyl (C=O) groups is 1. The number of methoxy groups -OCH3 is 3. The predicted molar refractivity (Wildman–Crippen MR) is 139 cm³/mol. The molecular weight excluding hydrogens is 500 g/mol. The molecule has 0 radical (unpaired) electrons. The number of cyclic esters (lactones) is 1. The summed E-state index contributed by atoms with van der Waals surface area (Å²) in [6.07, 6.45) is -8.21. The molecule has 0 aromatic rings. The molecule has 0 spiro atoms. The first-order valence-electron chi connectivity index (χ1n) is 13.2. The van der Waals surface area contributed by atoms with Crippen molar-refractivity contribution in [2.75, 3.05) is 27.9 Å². The molecule has 11 nitrogen and oxygen atoms in total. The van der Waals surface area contributed by atoms with Crippen LogP contribution in [0.15, 0.2) is 11.6 Å². The first kappa shape index (κ1) is 34.9. The second-order valence-electron chi connectivity index (χ2n) is 10.9. The Morgan fingerprint density at radius 1 is 1.00 bits per heavy atom. The summed E-state index contributed by atoms with van der Waals surface area (Å²) in [4.78, 5) is 13.0. The average Bonchev–Trinajstić information content (AvgIpc) is 2.89. The van der Waals surface area contributed by atoms with Crippen LogP contribution in [-0.4, -0.2) is 119 Å². The Kier molecular flexibility index (Phi) is 14.9. The molecule has 1 aliphatic heterocycles. The van der Waals surface area contributed by atoms with Crippen LogP contribution in [0.3, 0.4) is 0 Å². The van der Waals surface area contributed by atoms with Gasteiger partial charge in [0.1, 0.15) is 12.2 Å². The van der Waals surface area contributed by atoms with Gasteiger partial charge < -0.3 is 49.6 Å². The van der Waals surface area contributed by atoms with E-state index >= 15 is 0 Å². The normalized spacial score (nSPS) is 37.4. The van der Waals surface area contributed by atoms with Crippen molar-refractivity contribution in [3.8, 4) is 0 Å². The molecule has 0 aromatic carbocycles. The highest BCUT2D eigenvalue weighted by Crippen LogP contribution is 2.34. The van der Waals surface area contributed by atoms with Crippen LogP contribution in [0.1, 0.15) is 59.8 Å². The summed E-state index contributed by atoms with van der Waals surface area (Å²) in [5.74, 6) is -1.13. The molecule has 38 heavy (non-hydrogen) atoms. The van der Waals surface area contributed by atoms with E-state index < -0.39 is 66.3 Å². The molecule has 224 valence electrons. The molecule has 1 unspecified atom stereocenters. The Morgan fingerprint density at radius 2 is 1.58 bits per heavy atom. The highest BCUT2D eigenvalue weighted by molar-refractivity contribution is 5.75.